The normalized spacial score (nSPS) is 12.9. The Kier molecular flexibility index (Phi) is 11.8. The zero-order valence-corrected chi connectivity index (χ0v) is 11.3. The smallest absolute Gasteiger partial charge is 0.173 e. The highest BCUT2D eigenvalue weighted by molar-refractivity contribution is 4.70. The summed E-state index contributed by atoms with van der Waals surface area (Å²) in [5, 5.41) is 0. The first-order valence-corrected chi connectivity index (χ1v) is 6.60. The topological polar surface area (TPSA) is 56.5 Å². The fourth-order valence-electron chi connectivity index (χ4n) is 1.74. The lowest BCUT2D eigenvalue weighted by Crippen LogP contribution is -2.46. The van der Waals surface area contributed by atoms with Crippen LogP contribution in [0.25, 0.3) is 0 Å². The van der Waals surface area contributed by atoms with Crippen molar-refractivity contribution >= 4 is 0 Å². The van der Waals surface area contributed by atoms with Gasteiger partial charge >= 0.3 is 0 Å². The Morgan fingerprint density at radius 3 is 2.29 bits per heavy atom. The predicted molar refractivity (Wildman–Crippen MR) is 71.4 cm³/mol. The van der Waals surface area contributed by atoms with E-state index in [2.05, 4.69) is 12.0 Å². The third kappa shape index (κ3) is 8.32. The molecule has 0 heterocycles. The molecule has 0 amide bonds. The quantitative estimate of drug-likeness (QED) is 0.182. The van der Waals surface area contributed by atoms with Gasteiger partial charge < -0.3 is 9.47 Å². The second-order valence-electron chi connectivity index (χ2n) is 3.98. The molecule has 0 aliphatic rings. The van der Waals surface area contributed by atoms with Crippen molar-refractivity contribution in [1.82, 2.24) is 5.43 Å². The van der Waals surface area contributed by atoms with E-state index in [4.69, 9.17) is 15.3 Å². The molecule has 0 saturated heterocycles. The van der Waals surface area contributed by atoms with E-state index in [1.165, 1.54) is 12.8 Å². The van der Waals surface area contributed by atoms with E-state index in [9.17, 15) is 0 Å². The SMILES string of the molecule is C=CCCCCCC(NN)C(OCC)OCC. The van der Waals surface area contributed by atoms with Crippen LogP contribution in [0.5, 0.6) is 0 Å². The lowest BCUT2D eigenvalue weighted by Gasteiger charge is -2.26. The number of unbranched alkanes of at least 4 members (excludes halogenated alkanes) is 3. The molecule has 0 saturated carbocycles. The van der Waals surface area contributed by atoms with Crippen molar-refractivity contribution in [3.05, 3.63) is 12.7 Å². The van der Waals surface area contributed by atoms with E-state index < -0.39 is 0 Å². The van der Waals surface area contributed by atoms with Crippen LogP contribution in [0.1, 0.15) is 46.0 Å². The van der Waals surface area contributed by atoms with Gasteiger partial charge in [-0.15, -0.1) is 6.58 Å². The fraction of sp³-hybridized carbons (Fsp3) is 0.846. The highest BCUT2D eigenvalue weighted by Crippen LogP contribution is 2.11. The number of hydrogen-bond donors (Lipinski definition) is 2. The lowest BCUT2D eigenvalue weighted by atomic mass is 10.1. The molecule has 0 aliphatic heterocycles. The van der Waals surface area contributed by atoms with Crippen molar-refractivity contribution in [3.63, 3.8) is 0 Å². The summed E-state index contributed by atoms with van der Waals surface area (Å²) in [7, 11) is 0. The van der Waals surface area contributed by atoms with Gasteiger partial charge in [0, 0.05) is 13.2 Å². The van der Waals surface area contributed by atoms with Crippen LogP contribution in [-0.4, -0.2) is 25.5 Å². The average Bonchev–Trinajstić information content (AvgIpc) is 2.34. The van der Waals surface area contributed by atoms with Crippen LogP contribution in [0.15, 0.2) is 12.7 Å². The van der Waals surface area contributed by atoms with Crippen LogP contribution < -0.4 is 11.3 Å². The van der Waals surface area contributed by atoms with Gasteiger partial charge in [-0.3, -0.25) is 11.3 Å². The number of hydrogen-bond acceptors (Lipinski definition) is 4. The Morgan fingerprint density at radius 2 is 1.82 bits per heavy atom. The Morgan fingerprint density at radius 1 is 1.18 bits per heavy atom. The molecular formula is C13H28N2O2. The summed E-state index contributed by atoms with van der Waals surface area (Å²) in [5.74, 6) is 5.55. The molecule has 4 nitrogen and oxygen atoms in total. The van der Waals surface area contributed by atoms with Crippen molar-refractivity contribution < 1.29 is 9.47 Å². The summed E-state index contributed by atoms with van der Waals surface area (Å²) in [6.45, 7) is 8.91. The maximum atomic E-state index is 5.55. The van der Waals surface area contributed by atoms with Crippen molar-refractivity contribution in [1.29, 1.82) is 0 Å². The average molecular weight is 244 g/mol. The second kappa shape index (κ2) is 12.0. The van der Waals surface area contributed by atoms with Crippen molar-refractivity contribution in [2.75, 3.05) is 13.2 Å². The first kappa shape index (κ1) is 16.6. The van der Waals surface area contributed by atoms with Gasteiger partial charge in [0.2, 0.25) is 0 Å². The molecule has 0 aromatic rings. The Labute approximate surface area is 106 Å². The van der Waals surface area contributed by atoms with E-state index >= 15 is 0 Å². The maximum absolute atomic E-state index is 5.55. The highest BCUT2D eigenvalue weighted by Gasteiger charge is 2.20. The molecule has 0 aliphatic carbocycles. The van der Waals surface area contributed by atoms with Crippen LogP contribution in [0.3, 0.4) is 0 Å². The monoisotopic (exact) mass is 244 g/mol. The minimum Gasteiger partial charge on any atom is -0.351 e. The largest absolute Gasteiger partial charge is 0.351 e. The van der Waals surface area contributed by atoms with Gasteiger partial charge in [-0.2, -0.15) is 0 Å². The van der Waals surface area contributed by atoms with Crippen LogP contribution >= 0.6 is 0 Å². The first-order chi connectivity index (χ1) is 8.29. The summed E-state index contributed by atoms with van der Waals surface area (Å²) in [6, 6.07) is 0.0682. The van der Waals surface area contributed by atoms with E-state index in [0.29, 0.717) is 13.2 Å². The number of ether oxygens (including phenoxy) is 2. The fourth-order valence-corrected chi connectivity index (χ4v) is 1.74. The number of nitrogens with two attached hydrogens (primary N) is 1. The van der Waals surface area contributed by atoms with Gasteiger partial charge in [0.05, 0.1) is 6.04 Å². The molecule has 1 atom stereocenters. The number of rotatable bonds is 12. The molecule has 0 aromatic heterocycles. The molecule has 0 aromatic carbocycles. The number of hydrazine groups is 1. The zero-order chi connectivity index (χ0) is 12.9. The van der Waals surface area contributed by atoms with Gasteiger partial charge in [0.15, 0.2) is 6.29 Å². The molecule has 0 rings (SSSR count). The van der Waals surface area contributed by atoms with Gasteiger partial charge in [-0.05, 0) is 33.1 Å². The van der Waals surface area contributed by atoms with Crippen LogP contribution in [0, 0.1) is 0 Å². The molecule has 0 fully saturated rings. The van der Waals surface area contributed by atoms with Gasteiger partial charge in [-0.25, -0.2) is 0 Å². The molecule has 3 N–H and O–H groups in total. The third-order valence-electron chi connectivity index (χ3n) is 2.63. The van der Waals surface area contributed by atoms with E-state index in [-0.39, 0.29) is 12.3 Å². The molecule has 102 valence electrons. The minimum atomic E-state index is -0.241. The highest BCUT2D eigenvalue weighted by atomic mass is 16.7. The standard InChI is InChI=1S/C13H28N2O2/c1-4-7-8-9-10-11-12(15-14)13(16-5-2)17-6-3/h4,12-13,15H,1,5-11,14H2,2-3H3. The summed E-state index contributed by atoms with van der Waals surface area (Å²) in [5.41, 5.74) is 2.79. The first-order valence-electron chi connectivity index (χ1n) is 6.60. The molecule has 1 unspecified atom stereocenters. The van der Waals surface area contributed by atoms with Gasteiger partial charge in [0.1, 0.15) is 0 Å². The van der Waals surface area contributed by atoms with Gasteiger partial charge in [0.25, 0.3) is 0 Å². The lowest BCUT2D eigenvalue weighted by molar-refractivity contribution is -0.155. The van der Waals surface area contributed by atoms with E-state index in [1.54, 1.807) is 0 Å². The molecule has 17 heavy (non-hydrogen) atoms. The summed E-state index contributed by atoms with van der Waals surface area (Å²) in [4.78, 5) is 0. The molecule has 4 heteroatoms. The zero-order valence-electron chi connectivity index (χ0n) is 11.3. The molecular weight excluding hydrogens is 216 g/mol. The van der Waals surface area contributed by atoms with E-state index in [0.717, 1.165) is 19.3 Å². The van der Waals surface area contributed by atoms with Gasteiger partial charge in [-0.1, -0.05) is 18.9 Å². The van der Waals surface area contributed by atoms with Crippen LogP contribution in [-0.2, 0) is 9.47 Å². The summed E-state index contributed by atoms with van der Waals surface area (Å²) in [6.07, 6.45) is 7.28. The number of allylic oxidation sites excluding steroid dienone is 1. The number of nitrogens with one attached hydrogen (secondary N) is 1. The van der Waals surface area contributed by atoms with Crippen molar-refractivity contribution in [3.8, 4) is 0 Å². The van der Waals surface area contributed by atoms with Crippen LogP contribution in [0.2, 0.25) is 0 Å². The predicted octanol–water partition coefficient (Wildman–Crippen LogP) is 2.35. The summed E-state index contributed by atoms with van der Waals surface area (Å²) < 4.78 is 11.1. The van der Waals surface area contributed by atoms with Crippen LogP contribution in [0.4, 0.5) is 0 Å². The Hall–Kier alpha value is -0.420. The Balaban J connectivity index is 3.86. The maximum Gasteiger partial charge on any atom is 0.173 e. The third-order valence-corrected chi connectivity index (χ3v) is 2.63. The van der Waals surface area contributed by atoms with Crippen molar-refractivity contribution in [2.45, 2.75) is 58.3 Å². The molecule has 0 bridgehead atoms. The minimum absolute atomic E-state index is 0.0682. The molecule has 0 spiro atoms. The summed E-state index contributed by atoms with van der Waals surface area (Å²) >= 11 is 0. The van der Waals surface area contributed by atoms with E-state index in [1.807, 2.05) is 19.9 Å². The molecule has 0 radical (unpaired) electrons. The second-order valence-corrected chi connectivity index (χ2v) is 3.98. The van der Waals surface area contributed by atoms with Crippen molar-refractivity contribution in [2.24, 2.45) is 5.84 Å². The Bertz CT molecular complexity index is 171.